The molecule has 0 amide bonds. The maximum Gasteiger partial charge on any atom is 0.335 e. The van der Waals surface area contributed by atoms with Crippen LogP contribution in [0.25, 0.3) is 0 Å². The average Bonchev–Trinajstić information content (AvgIpc) is 2.28. The van der Waals surface area contributed by atoms with E-state index in [4.69, 9.17) is 5.11 Å². The molecular formula is C13H18O4S. The lowest BCUT2D eigenvalue weighted by Crippen LogP contribution is -2.14. The number of hydrogen-bond acceptors (Lipinski definition) is 3. The Morgan fingerprint density at radius 3 is 2.28 bits per heavy atom. The van der Waals surface area contributed by atoms with Crippen LogP contribution in [0.5, 0.6) is 0 Å². The van der Waals surface area contributed by atoms with Gasteiger partial charge in [-0.05, 0) is 36.6 Å². The van der Waals surface area contributed by atoms with Gasteiger partial charge in [-0.2, -0.15) is 0 Å². The first-order valence-corrected chi connectivity index (χ1v) is 7.58. The van der Waals surface area contributed by atoms with Gasteiger partial charge in [0.25, 0.3) is 0 Å². The molecule has 1 atom stereocenters. The smallest absolute Gasteiger partial charge is 0.335 e. The summed E-state index contributed by atoms with van der Waals surface area (Å²) in [7, 11) is -3.32. The van der Waals surface area contributed by atoms with Crippen LogP contribution in [-0.2, 0) is 9.84 Å². The topological polar surface area (TPSA) is 71.4 Å². The fraction of sp³-hybridized carbons (Fsp3) is 0.462. The zero-order valence-electron chi connectivity index (χ0n) is 10.6. The van der Waals surface area contributed by atoms with E-state index in [1.165, 1.54) is 24.3 Å². The molecule has 1 aromatic rings. The number of hydrogen-bond donors (Lipinski definition) is 1. The second kappa shape index (κ2) is 6.00. The van der Waals surface area contributed by atoms with Crippen molar-refractivity contribution < 1.29 is 18.3 Å². The molecule has 1 N–H and O–H groups in total. The van der Waals surface area contributed by atoms with Gasteiger partial charge in [0, 0.05) is 0 Å². The van der Waals surface area contributed by atoms with Gasteiger partial charge in [-0.15, -0.1) is 0 Å². The van der Waals surface area contributed by atoms with Crippen LogP contribution in [0.2, 0.25) is 0 Å². The van der Waals surface area contributed by atoms with E-state index in [-0.39, 0.29) is 22.1 Å². The van der Waals surface area contributed by atoms with E-state index in [1.807, 2.05) is 13.8 Å². The van der Waals surface area contributed by atoms with Crippen LogP contribution < -0.4 is 0 Å². The summed E-state index contributed by atoms with van der Waals surface area (Å²) in [6.07, 6.45) is 1.82. The van der Waals surface area contributed by atoms with E-state index in [2.05, 4.69) is 0 Å². The van der Waals surface area contributed by atoms with Gasteiger partial charge in [0.1, 0.15) is 0 Å². The standard InChI is InChI=1S/C13H18O4S/c1-3-4-10(2)9-18(16,17)12-7-5-11(6-8-12)13(14)15/h5-8,10H,3-4,9H2,1-2H3,(H,14,15). The maximum absolute atomic E-state index is 12.1. The summed E-state index contributed by atoms with van der Waals surface area (Å²) in [6, 6.07) is 5.36. The van der Waals surface area contributed by atoms with Crippen molar-refractivity contribution in [2.24, 2.45) is 5.92 Å². The van der Waals surface area contributed by atoms with E-state index >= 15 is 0 Å². The van der Waals surface area contributed by atoms with E-state index in [1.54, 1.807) is 0 Å². The maximum atomic E-state index is 12.1. The van der Waals surface area contributed by atoms with Gasteiger partial charge in [-0.25, -0.2) is 13.2 Å². The number of sulfone groups is 1. The molecule has 1 rings (SSSR count). The van der Waals surface area contributed by atoms with Crippen molar-refractivity contribution >= 4 is 15.8 Å². The fourth-order valence-electron chi connectivity index (χ4n) is 1.85. The van der Waals surface area contributed by atoms with Crippen molar-refractivity contribution in [3.05, 3.63) is 29.8 Å². The summed E-state index contributed by atoms with van der Waals surface area (Å²) in [5, 5.41) is 8.74. The lowest BCUT2D eigenvalue weighted by molar-refractivity contribution is 0.0696. The Morgan fingerprint density at radius 1 is 1.28 bits per heavy atom. The third kappa shape index (κ3) is 3.84. The highest BCUT2D eigenvalue weighted by Crippen LogP contribution is 2.17. The predicted octanol–water partition coefficient (Wildman–Crippen LogP) is 2.59. The zero-order chi connectivity index (χ0) is 13.8. The largest absolute Gasteiger partial charge is 0.478 e. The summed E-state index contributed by atoms with van der Waals surface area (Å²) < 4.78 is 24.1. The van der Waals surface area contributed by atoms with Gasteiger partial charge in [-0.1, -0.05) is 20.3 Å². The van der Waals surface area contributed by atoms with Crippen LogP contribution in [0, 0.1) is 5.92 Å². The highest BCUT2D eigenvalue weighted by Gasteiger charge is 2.18. The Hall–Kier alpha value is -1.36. The van der Waals surface area contributed by atoms with Crippen molar-refractivity contribution in [1.29, 1.82) is 0 Å². The Kier molecular flexibility index (Phi) is 4.90. The summed E-state index contributed by atoms with van der Waals surface area (Å²) in [5.41, 5.74) is 0.0931. The van der Waals surface area contributed by atoms with Crippen molar-refractivity contribution in [1.82, 2.24) is 0 Å². The second-order valence-electron chi connectivity index (χ2n) is 4.50. The Labute approximate surface area is 108 Å². The summed E-state index contributed by atoms with van der Waals surface area (Å²) in [6.45, 7) is 3.93. The second-order valence-corrected chi connectivity index (χ2v) is 6.54. The van der Waals surface area contributed by atoms with Crippen LogP contribution in [0.15, 0.2) is 29.2 Å². The van der Waals surface area contributed by atoms with Crippen LogP contribution in [0.3, 0.4) is 0 Å². The average molecular weight is 270 g/mol. The quantitative estimate of drug-likeness (QED) is 0.862. The molecule has 0 aromatic heterocycles. The van der Waals surface area contributed by atoms with Crippen LogP contribution >= 0.6 is 0 Å². The van der Waals surface area contributed by atoms with Gasteiger partial charge in [0.15, 0.2) is 9.84 Å². The summed E-state index contributed by atoms with van der Waals surface area (Å²) >= 11 is 0. The van der Waals surface area contributed by atoms with Gasteiger partial charge >= 0.3 is 5.97 Å². The lowest BCUT2D eigenvalue weighted by atomic mass is 10.1. The Balaban J connectivity index is 2.88. The molecule has 0 bridgehead atoms. The van der Waals surface area contributed by atoms with Gasteiger partial charge in [0.05, 0.1) is 16.2 Å². The van der Waals surface area contributed by atoms with Gasteiger partial charge in [0.2, 0.25) is 0 Å². The molecule has 18 heavy (non-hydrogen) atoms. The van der Waals surface area contributed by atoms with Crippen LogP contribution in [0.1, 0.15) is 37.0 Å². The number of rotatable bonds is 6. The molecule has 0 radical (unpaired) electrons. The summed E-state index contributed by atoms with van der Waals surface area (Å²) in [5.74, 6) is -0.842. The molecule has 0 aliphatic carbocycles. The number of carbonyl (C=O) groups is 1. The van der Waals surface area contributed by atoms with Crippen molar-refractivity contribution in [2.75, 3.05) is 5.75 Å². The molecule has 4 nitrogen and oxygen atoms in total. The summed E-state index contributed by atoms with van der Waals surface area (Å²) in [4.78, 5) is 10.9. The number of carboxylic acids is 1. The molecule has 1 unspecified atom stereocenters. The molecule has 0 spiro atoms. The van der Waals surface area contributed by atoms with E-state index in [9.17, 15) is 13.2 Å². The fourth-order valence-corrected chi connectivity index (χ4v) is 3.51. The van der Waals surface area contributed by atoms with Crippen molar-refractivity contribution in [3.8, 4) is 0 Å². The molecule has 0 aliphatic rings. The van der Waals surface area contributed by atoms with E-state index < -0.39 is 15.8 Å². The molecule has 100 valence electrons. The van der Waals surface area contributed by atoms with E-state index in [0.717, 1.165) is 12.8 Å². The molecule has 0 aliphatic heterocycles. The number of benzene rings is 1. The van der Waals surface area contributed by atoms with Gasteiger partial charge in [-0.3, -0.25) is 0 Å². The predicted molar refractivity (Wildman–Crippen MR) is 69.5 cm³/mol. The molecule has 0 heterocycles. The molecule has 5 heteroatoms. The minimum atomic E-state index is -3.32. The molecule has 0 fully saturated rings. The Bertz CT molecular complexity index is 502. The van der Waals surface area contributed by atoms with E-state index in [0.29, 0.717) is 0 Å². The molecular weight excluding hydrogens is 252 g/mol. The van der Waals surface area contributed by atoms with Crippen molar-refractivity contribution in [3.63, 3.8) is 0 Å². The first kappa shape index (κ1) is 14.7. The first-order chi connectivity index (χ1) is 8.36. The molecule has 0 saturated carbocycles. The highest BCUT2D eigenvalue weighted by molar-refractivity contribution is 7.91. The normalized spacial score (nSPS) is 13.2. The van der Waals surface area contributed by atoms with Crippen LogP contribution in [-0.4, -0.2) is 25.2 Å². The molecule has 1 aromatic carbocycles. The minimum absolute atomic E-state index is 0.0931. The monoisotopic (exact) mass is 270 g/mol. The number of aromatic carboxylic acids is 1. The third-order valence-electron chi connectivity index (χ3n) is 2.75. The van der Waals surface area contributed by atoms with Gasteiger partial charge < -0.3 is 5.11 Å². The zero-order valence-corrected chi connectivity index (χ0v) is 11.4. The number of carboxylic acid groups (broad SMARTS) is 1. The minimum Gasteiger partial charge on any atom is -0.478 e. The Morgan fingerprint density at radius 2 is 1.83 bits per heavy atom. The molecule has 0 saturated heterocycles. The lowest BCUT2D eigenvalue weighted by Gasteiger charge is -2.10. The van der Waals surface area contributed by atoms with Crippen molar-refractivity contribution in [2.45, 2.75) is 31.6 Å². The third-order valence-corrected chi connectivity index (χ3v) is 4.74. The SMILES string of the molecule is CCCC(C)CS(=O)(=O)c1ccc(C(=O)O)cc1. The highest BCUT2D eigenvalue weighted by atomic mass is 32.2. The van der Waals surface area contributed by atoms with Crippen LogP contribution in [0.4, 0.5) is 0 Å². The first-order valence-electron chi connectivity index (χ1n) is 5.93.